The maximum Gasteiger partial charge on any atom is 0.247 e. The monoisotopic (exact) mass is 381 g/mol. The highest BCUT2D eigenvalue weighted by Crippen LogP contribution is 2.26. The fraction of sp³-hybridized carbons (Fsp3) is 0.176. The molecule has 7 heteroatoms. The van der Waals surface area contributed by atoms with E-state index in [0.717, 1.165) is 11.1 Å². The first kappa shape index (κ1) is 17.2. The summed E-state index contributed by atoms with van der Waals surface area (Å²) >= 11 is 18.0. The van der Waals surface area contributed by atoms with Gasteiger partial charge in [-0.15, -0.1) is 10.2 Å². The first-order valence-electron chi connectivity index (χ1n) is 7.29. The molecule has 1 aromatic heterocycles. The topological polar surface area (TPSA) is 51.0 Å². The van der Waals surface area contributed by atoms with Crippen LogP contribution in [0.15, 0.2) is 46.9 Å². The van der Waals surface area contributed by atoms with Crippen molar-refractivity contribution in [2.24, 2.45) is 0 Å². The Hall–Kier alpha value is -1.59. The third kappa shape index (κ3) is 4.08. The summed E-state index contributed by atoms with van der Waals surface area (Å²) in [4.78, 5) is 0. The zero-order chi connectivity index (χ0) is 17.1. The molecule has 0 bridgehead atoms. The average Bonchev–Trinajstić information content (AvgIpc) is 3.02. The van der Waals surface area contributed by atoms with Gasteiger partial charge in [-0.3, -0.25) is 0 Å². The van der Waals surface area contributed by atoms with Crippen molar-refractivity contribution < 1.29 is 4.42 Å². The molecule has 3 rings (SSSR count). The lowest BCUT2D eigenvalue weighted by Gasteiger charge is -2.14. The molecule has 0 amide bonds. The van der Waals surface area contributed by atoms with E-state index in [1.807, 2.05) is 31.2 Å². The van der Waals surface area contributed by atoms with E-state index in [9.17, 15) is 0 Å². The lowest BCUT2D eigenvalue weighted by molar-refractivity contribution is 0.454. The number of nitrogens with zero attached hydrogens (tertiary/aromatic N) is 2. The molecule has 0 aliphatic heterocycles. The van der Waals surface area contributed by atoms with Gasteiger partial charge in [0.25, 0.3) is 0 Å². The quantitative estimate of drug-likeness (QED) is 0.628. The van der Waals surface area contributed by atoms with Gasteiger partial charge in [0.1, 0.15) is 0 Å². The number of rotatable bonds is 5. The molecule has 0 aliphatic rings. The largest absolute Gasteiger partial charge is 0.419 e. The van der Waals surface area contributed by atoms with Crippen molar-refractivity contribution in [3.05, 3.63) is 69.0 Å². The van der Waals surface area contributed by atoms with E-state index in [1.54, 1.807) is 18.2 Å². The van der Waals surface area contributed by atoms with E-state index >= 15 is 0 Å². The summed E-state index contributed by atoms with van der Waals surface area (Å²) in [5.74, 6) is 0.956. The molecular weight excluding hydrogens is 369 g/mol. The Kier molecular flexibility index (Phi) is 5.41. The van der Waals surface area contributed by atoms with Crippen LogP contribution >= 0.6 is 34.8 Å². The average molecular weight is 383 g/mol. The second kappa shape index (κ2) is 7.53. The number of hydrogen-bond acceptors (Lipinski definition) is 4. The van der Waals surface area contributed by atoms with Gasteiger partial charge in [-0.25, -0.2) is 0 Å². The van der Waals surface area contributed by atoms with Crippen molar-refractivity contribution in [3.8, 4) is 11.5 Å². The Morgan fingerprint density at radius 3 is 2.42 bits per heavy atom. The zero-order valence-electron chi connectivity index (χ0n) is 12.8. The molecule has 0 saturated carbocycles. The Morgan fingerprint density at radius 2 is 1.71 bits per heavy atom. The fourth-order valence-corrected chi connectivity index (χ4v) is 2.94. The van der Waals surface area contributed by atoms with Gasteiger partial charge in [-0.05, 0) is 48.9 Å². The lowest BCUT2D eigenvalue weighted by Crippen LogP contribution is -2.18. The molecule has 0 radical (unpaired) electrons. The summed E-state index contributed by atoms with van der Waals surface area (Å²) in [7, 11) is 0. The molecule has 1 heterocycles. The zero-order valence-corrected chi connectivity index (χ0v) is 15.0. The molecule has 0 unspecified atom stereocenters. The first-order valence-corrected chi connectivity index (χ1v) is 8.43. The molecule has 0 saturated heterocycles. The highest BCUT2D eigenvalue weighted by atomic mass is 35.5. The highest BCUT2D eigenvalue weighted by Gasteiger charge is 2.13. The molecule has 1 atom stereocenters. The normalized spacial score (nSPS) is 12.3. The van der Waals surface area contributed by atoms with E-state index in [2.05, 4.69) is 15.5 Å². The van der Waals surface area contributed by atoms with Gasteiger partial charge in [0.05, 0.1) is 6.54 Å². The molecule has 124 valence electrons. The van der Waals surface area contributed by atoms with E-state index in [0.29, 0.717) is 33.4 Å². The van der Waals surface area contributed by atoms with E-state index < -0.39 is 0 Å². The molecule has 0 spiro atoms. The van der Waals surface area contributed by atoms with Crippen LogP contribution in [-0.4, -0.2) is 10.2 Å². The van der Waals surface area contributed by atoms with Gasteiger partial charge in [0.15, 0.2) is 0 Å². The smallest absolute Gasteiger partial charge is 0.247 e. The van der Waals surface area contributed by atoms with E-state index in [-0.39, 0.29) is 6.04 Å². The van der Waals surface area contributed by atoms with Gasteiger partial charge in [0, 0.05) is 26.7 Å². The van der Waals surface area contributed by atoms with Gasteiger partial charge in [-0.2, -0.15) is 0 Å². The standard InChI is InChI=1S/C17H14Cl3N3O/c1-10(14-7-6-13(19)8-15(14)20)21-9-16-22-23-17(24-16)11-2-4-12(18)5-3-11/h2-8,10,21H,9H2,1H3/t10-/m1/s1. The Bertz CT molecular complexity index is 833. The molecule has 1 N–H and O–H groups in total. The maximum absolute atomic E-state index is 6.22. The maximum atomic E-state index is 6.22. The summed E-state index contributed by atoms with van der Waals surface area (Å²) < 4.78 is 5.66. The number of halogens is 3. The number of benzene rings is 2. The van der Waals surface area contributed by atoms with Crippen LogP contribution < -0.4 is 5.32 Å². The van der Waals surface area contributed by atoms with Crippen molar-refractivity contribution in [1.29, 1.82) is 0 Å². The Labute approximate surface area is 154 Å². The Morgan fingerprint density at radius 1 is 1.00 bits per heavy atom. The van der Waals surface area contributed by atoms with Crippen LogP contribution in [0.3, 0.4) is 0 Å². The predicted molar refractivity (Wildman–Crippen MR) is 96.5 cm³/mol. The van der Waals surface area contributed by atoms with Crippen LogP contribution in [0.1, 0.15) is 24.4 Å². The highest BCUT2D eigenvalue weighted by molar-refractivity contribution is 6.35. The summed E-state index contributed by atoms with van der Waals surface area (Å²) in [6.07, 6.45) is 0. The van der Waals surface area contributed by atoms with Gasteiger partial charge in [0.2, 0.25) is 11.8 Å². The molecule has 0 fully saturated rings. The molecular formula is C17H14Cl3N3O. The molecule has 2 aromatic carbocycles. The minimum atomic E-state index is 0.0145. The second-order valence-electron chi connectivity index (χ2n) is 5.28. The van der Waals surface area contributed by atoms with Crippen LogP contribution in [0.5, 0.6) is 0 Å². The van der Waals surface area contributed by atoms with Crippen molar-refractivity contribution in [2.75, 3.05) is 0 Å². The predicted octanol–water partition coefficient (Wildman–Crippen LogP) is 5.55. The summed E-state index contributed by atoms with van der Waals surface area (Å²) in [6.45, 7) is 2.44. The van der Waals surface area contributed by atoms with Crippen molar-refractivity contribution in [1.82, 2.24) is 15.5 Å². The van der Waals surface area contributed by atoms with Gasteiger partial charge < -0.3 is 9.73 Å². The van der Waals surface area contributed by atoms with Crippen molar-refractivity contribution >= 4 is 34.8 Å². The third-order valence-electron chi connectivity index (χ3n) is 3.55. The second-order valence-corrected chi connectivity index (χ2v) is 6.56. The van der Waals surface area contributed by atoms with Crippen LogP contribution in [0.2, 0.25) is 15.1 Å². The van der Waals surface area contributed by atoms with Gasteiger partial charge in [-0.1, -0.05) is 40.9 Å². The minimum absolute atomic E-state index is 0.0145. The van der Waals surface area contributed by atoms with Crippen LogP contribution in [0.25, 0.3) is 11.5 Å². The molecule has 3 aromatic rings. The minimum Gasteiger partial charge on any atom is -0.419 e. The van der Waals surface area contributed by atoms with Crippen LogP contribution in [-0.2, 0) is 6.54 Å². The fourth-order valence-electron chi connectivity index (χ4n) is 2.24. The molecule has 0 aliphatic carbocycles. The van der Waals surface area contributed by atoms with E-state index in [4.69, 9.17) is 39.2 Å². The first-order chi connectivity index (χ1) is 11.5. The third-order valence-corrected chi connectivity index (χ3v) is 4.36. The number of nitrogens with one attached hydrogen (secondary N) is 1. The van der Waals surface area contributed by atoms with Gasteiger partial charge >= 0.3 is 0 Å². The summed E-state index contributed by atoms with van der Waals surface area (Å²) in [5, 5.41) is 13.3. The van der Waals surface area contributed by atoms with Crippen LogP contribution in [0, 0.1) is 0 Å². The SMILES string of the molecule is C[C@@H](NCc1nnc(-c2ccc(Cl)cc2)o1)c1ccc(Cl)cc1Cl. The lowest BCUT2D eigenvalue weighted by atomic mass is 10.1. The van der Waals surface area contributed by atoms with Crippen molar-refractivity contribution in [3.63, 3.8) is 0 Å². The van der Waals surface area contributed by atoms with Crippen molar-refractivity contribution in [2.45, 2.75) is 19.5 Å². The van der Waals surface area contributed by atoms with E-state index in [1.165, 1.54) is 0 Å². The Balaban J connectivity index is 1.65. The molecule has 4 nitrogen and oxygen atoms in total. The summed E-state index contributed by atoms with van der Waals surface area (Å²) in [5.41, 5.74) is 1.78. The number of aromatic nitrogens is 2. The summed E-state index contributed by atoms with van der Waals surface area (Å²) in [6, 6.07) is 12.7. The molecule has 24 heavy (non-hydrogen) atoms. The number of hydrogen-bond donors (Lipinski definition) is 1. The van der Waals surface area contributed by atoms with Crippen LogP contribution in [0.4, 0.5) is 0 Å².